The van der Waals surface area contributed by atoms with E-state index in [1.165, 1.54) is 25.0 Å². The molecule has 16 heavy (non-hydrogen) atoms. The average molecular weight is 280 g/mol. The minimum absolute atomic E-state index is 0.723. The fourth-order valence-corrected chi connectivity index (χ4v) is 2.32. The molecule has 1 saturated carbocycles. The quantitative estimate of drug-likeness (QED) is 0.936. The lowest BCUT2D eigenvalue weighted by atomic mass is 9.93. The van der Waals surface area contributed by atoms with Crippen molar-refractivity contribution >= 4 is 21.6 Å². The van der Waals surface area contributed by atoms with Gasteiger partial charge in [0, 0.05) is 23.3 Å². The SMILES string of the molecule is Brc1ccn2c(CNC3CCC3)cnc2c1. The normalized spacial score (nSPS) is 16.6. The summed E-state index contributed by atoms with van der Waals surface area (Å²) in [6.45, 7) is 0.910. The van der Waals surface area contributed by atoms with E-state index < -0.39 is 0 Å². The summed E-state index contributed by atoms with van der Waals surface area (Å²) in [7, 11) is 0. The predicted octanol–water partition coefficient (Wildman–Crippen LogP) is 2.74. The molecule has 1 aliphatic carbocycles. The Hall–Kier alpha value is -0.870. The fraction of sp³-hybridized carbons (Fsp3) is 0.417. The van der Waals surface area contributed by atoms with Gasteiger partial charge in [0.25, 0.3) is 0 Å². The summed E-state index contributed by atoms with van der Waals surface area (Å²) in [5, 5.41) is 3.56. The molecular formula is C12H14BrN3. The van der Waals surface area contributed by atoms with Crippen LogP contribution in [0.2, 0.25) is 0 Å². The first-order valence-electron chi connectivity index (χ1n) is 5.68. The maximum atomic E-state index is 4.39. The smallest absolute Gasteiger partial charge is 0.138 e. The molecule has 0 atom stereocenters. The molecule has 0 aromatic carbocycles. The first-order chi connectivity index (χ1) is 7.83. The molecule has 2 heterocycles. The van der Waals surface area contributed by atoms with E-state index >= 15 is 0 Å². The van der Waals surface area contributed by atoms with E-state index in [1.54, 1.807) is 0 Å². The Balaban J connectivity index is 1.80. The standard InChI is InChI=1S/C12H14BrN3/c13-9-4-5-16-11(8-15-12(16)6-9)7-14-10-2-1-3-10/h4-6,8,10,14H,1-3,7H2. The number of fused-ring (bicyclic) bond motifs is 1. The molecule has 0 radical (unpaired) electrons. The molecule has 1 fully saturated rings. The van der Waals surface area contributed by atoms with Crippen molar-refractivity contribution in [3.05, 3.63) is 34.7 Å². The molecule has 1 N–H and O–H groups in total. The number of aromatic nitrogens is 2. The van der Waals surface area contributed by atoms with Crippen LogP contribution < -0.4 is 5.32 Å². The summed E-state index contributed by atoms with van der Waals surface area (Å²) < 4.78 is 3.21. The van der Waals surface area contributed by atoms with Gasteiger partial charge in [-0.1, -0.05) is 22.4 Å². The highest BCUT2D eigenvalue weighted by Gasteiger charge is 2.16. The van der Waals surface area contributed by atoms with Crippen LogP contribution in [-0.2, 0) is 6.54 Å². The number of nitrogens with zero attached hydrogens (tertiary/aromatic N) is 2. The van der Waals surface area contributed by atoms with Crippen LogP contribution in [0.25, 0.3) is 5.65 Å². The van der Waals surface area contributed by atoms with Gasteiger partial charge in [0.15, 0.2) is 0 Å². The van der Waals surface area contributed by atoms with Crippen LogP contribution >= 0.6 is 15.9 Å². The molecule has 0 saturated heterocycles. The van der Waals surface area contributed by atoms with Gasteiger partial charge in [0.2, 0.25) is 0 Å². The van der Waals surface area contributed by atoms with Gasteiger partial charge in [-0.3, -0.25) is 0 Å². The van der Waals surface area contributed by atoms with Crippen molar-refractivity contribution in [2.24, 2.45) is 0 Å². The molecule has 0 aliphatic heterocycles. The third kappa shape index (κ3) is 1.87. The number of hydrogen-bond acceptors (Lipinski definition) is 2. The highest BCUT2D eigenvalue weighted by molar-refractivity contribution is 9.10. The zero-order chi connectivity index (χ0) is 11.0. The van der Waals surface area contributed by atoms with Crippen molar-refractivity contribution in [2.75, 3.05) is 0 Å². The Morgan fingerprint density at radius 1 is 1.50 bits per heavy atom. The lowest BCUT2D eigenvalue weighted by molar-refractivity contribution is 0.336. The predicted molar refractivity (Wildman–Crippen MR) is 67.4 cm³/mol. The number of rotatable bonds is 3. The number of hydrogen-bond donors (Lipinski definition) is 1. The monoisotopic (exact) mass is 279 g/mol. The molecule has 0 unspecified atom stereocenters. The molecule has 2 aromatic rings. The Kier molecular flexibility index (Phi) is 2.69. The second kappa shape index (κ2) is 4.18. The topological polar surface area (TPSA) is 29.3 Å². The van der Waals surface area contributed by atoms with E-state index in [2.05, 4.69) is 36.8 Å². The number of pyridine rings is 1. The van der Waals surface area contributed by atoms with Crippen molar-refractivity contribution in [3.8, 4) is 0 Å². The average Bonchev–Trinajstić information content (AvgIpc) is 2.58. The third-order valence-electron chi connectivity index (χ3n) is 3.23. The highest BCUT2D eigenvalue weighted by Crippen LogP contribution is 2.19. The second-order valence-corrected chi connectivity index (χ2v) is 5.25. The molecule has 0 bridgehead atoms. The minimum atomic E-state index is 0.723. The summed E-state index contributed by atoms with van der Waals surface area (Å²) in [5.74, 6) is 0. The van der Waals surface area contributed by atoms with Gasteiger partial charge < -0.3 is 9.72 Å². The van der Waals surface area contributed by atoms with Crippen molar-refractivity contribution in [1.29, 1.82) is 0 Å². The highest BCUT2D eigenvalue weighted by atomic mass is 79.9. The maximum Gasteiger partial charge on any atom is 0.138 e. The maximum absolute atomic E-state index is 4.39. The van der Waals surface area contributed by atoms with Crippen molar-refractivity contribution in [2.45, 2.75) is 31.8 Å². The van der Waals surface area contributed by atoms with Gasteiger partial charge in [-0.15, -0.1) is 0 Å². The number of nitrogens with one attached hydrogen (secondary N) is 1. The van der Waals surface area contributed by atoms with Gasteiger partial charge in [-0.05, 0) is 25.0 Å². The van der Waals surface area contributed by atoms with Crippen molar-refractivity contribution in [3.63, 3.8) is 0 Å². The molecule has 84 valence electrons. The molecule has 3 rings (SSSR count). The zero-order valence-corrected chi connectivity index (χ0v) is 10.6. The van der Waals surface area contributed by atoms with E-state index in [0.29, 0.717) is 0 Å². The van der Waals surface area contributed by atoms with E-state index in [1.807, 2.05) is 18.3 Å². The zero-order valence-electron chi connectivity index (χ0n) is 8.99. The van der Waals surface area contributed by atoms with Crippen LogP contribution in [0.4, 0.5) is 0 Å². The Morgan fingerprint density at radius 2 is 2.38 bits per heavy atom. The van der Waals surface area contributed by atoms with Crippen LogP contribution in [0.1, 0.15) is 25.0 Å². The summed E-state index contributed by atoms with van der Waals surface area (Å²) in [6, 6.07) is 4.80. The summed E-state index contributed by atoms with van der Waals surface area (Å²) in [4.78, 5) is 4.39. The second-order valence-electron chi connectivity index (χ2n) is 4.33. The van der Waals surface area contributed by atoms with Gasteiger partial charge in [0.05, 0.1) is 11.9 Å². The number of imidazole rings is 1. The molecule has 0 spiro atoms. The van der Waals surface area contributed by atoms with Crippen LogP contribution in [0.15, 0.2) is 29.0 Å². The first kappa shape index (κ1) is 10.3. The van der Waals surface area contributed by atoms with Crippen LogP contribution in [-0.4, -0.2) is 15.4 Å². The Labute approximate surface area is 103 Å². The van der Waals surface area contributed by atoms with Gasteiger partial charge in [0.1, 0.15) is 5.65 Å². The van der Waals surface area contributed by atoms with Gasteiger partial charge in [-0.25, -0.2) is 4.98 Å². The Morgan fingerprint density at radius 3 is 3.12 bits per heavy atom. The van der Waals surface area contributed by atoms with E-state index in [0.717, 1.165) is 22.7 Å². The van der Waals surface area contributed by atoms with Crippen LogP contribution in [0.5, 0.6) is 0 Å². The van der Waals surface area contributed by atoms with Crippen LogP contribution in [0.3, 0.4) is 0 Å². The summed E-state index contributed by atoms with van der Waals surface area (Å²) >= 11 is 3.46. The summed E-state index contributed by atoms with van der Waals surface area (Å²) in [5.41, 5.74) is 2.23. The number of halogens is 1. The van der Waals surface area contributed by atoms with Crippen LogP contribution in [0, 0.1) is 0 Å². The minimum Gasteiger partial charge on any atom is -0.308 e. The fourth-order valence-electron chi connectivity index (χ4n) is 2.00. The van der Waals surface area contributed by atoms with E-state index in [4.69, 9.17) is 0 Å². The molecular weight excluding hydrogens is 266 g/mol. The first-order valence-corrected chi connectivity index (χ1v) is 6.47. The molecule has 2 aromatic heterocycles. The van der Waals surface area contributed by atoms with E-state index in [9.17, 15) is 0 Å². The van der Waals surface area contributed by atoms with Crippen molar-refractivity contribution in [1.82, 2.24) is 14.7 Å². The van der Waals surface area contributed by atoms with Crippen molar-refractivity contribution < 1.29 is 0 Å². The van der Waals surface area contributed by atoms with E-state index in [-0.39, 0.29) is 0 Å². The van der Waals surface area contributed by atoms with Gasteiger partial charge >= 0.3 is 0 Å². The summed E-state index contributed by atoms with van der Waals surface area (Å²) in [6.07, 6.45) is 8.03. The molecule has 4 heteroatoms. The lowest BCUT2D eigenvalue weighted by Gasteiger charge is -2.26. The molecule has 3 nitrogen and oxygen atoms in total. The molecule has 0 amide bonds. The third-order valence-corrected chi connectivity index (χ3v) is 3.72. The lowest BCUT2D eigenvalue weighted by Crippen LogP contribution is -2.34. The largest absolute Gasteiger partial charge is 0.308 e. The van der Waals surface area contributed by atoms with Gasteiger partial charge in [-0.2, -0.15) is 0 Å². The molecule has 1 aliphatic rings. The Bertz CT molecular complexity index is 502.